The molecule has 0 saturated heterocycles. The fraction of sp³-hybridized carbons (Fsp3) is 0.200. The molecule has 1 heterocycles. The van der Waals surface area contributed by atoms with Crippen LogP contribution in [0.15, 0.2) is 66.9 Å². The van der Waals surface area contributed by atoms with Gasteiger partial charge >= 0.3 is 6.03 Å². The van der Waals surface area contributed by atoms with Gasteiger partial charge in [0, 0.05) is 43.7 Å². The van der Waals surface area contributed by atoms with Gasteiger partial charge in [-0.15, -0.1) is 0 Å². The van der Waals surface area contributed by atoms with Crippen LogP contribution >= 0.6 is 0 Å². The first-order valence-electron chi connectivity index (χ1n) is 11.0. The van der Waals surface area contributed by atoms with Crippen LogP contribution in [0.3, 0.4) is 0 Å². The molecule has 3 aromatic rings. The Kier molecular flexibility index (Phi) is 8.56. The molecule has 0 unspecified atom stereocenters. The highest BCUT2D eigenvalue weighted by Gasteiger charge is 2.15. The number of carbonyl (C=O) groups is 3. The van der Waals surface area contributed by atoms with Gasteiger partial charge in [0.1, 0.15) is 5.82 Å². The summed E-state index contributed by atoms with van der Waals surface area (Å²) in [6, 6.07) is 18.0. The molecule has 176 valence electrons. The van der Waals surface area contributed by atoms with Crippen molar-refractivity contribution >= 4 is 40.7 Å². The highest BCUT2D eigenvalue weighted by Crippen LogP contribution is 2.24. The molecule has 0 bridgehead atoms. The lowest BCUT2D eigenvalue weighted by atomic mass is 10.1. The average molecular weight is 461 g/mol. The molecule has 0 aliphatic carbocycles. The third-order valence-corrected chi connectivity index (χ3v) is 4.91. The number of rotatable bonds is 9. The number of urea groups is 1. The Labute approximate surface area is 198 Å². The third kappa shape index (κ3) is 7.06. The second kappa shape index (κ2) is 12.0. The van der Waals surface area contributed by atoms with E-state index >= 15 is 0 Å². The molecule has 9 nitrogen and oxygen atoms in total. The maximum Gasteiger partial charge on any atom is 0.320 e. The maximum absolute atomic E-state index is 13.1. The number of pyridine rings is 1. The van der Waals surface area contributed by atoms with Crippen LogP contribution in [-0.2, 0) is 11.2 Å². The van der Waals surface area contributed by atoms with Crippen molar-refractivity contribution in [3.8, 4) is 0 Å². The maximum atomic E-state index is 13.1. The van der Waals surface area contributed by atoms with E-state index in [2.05, 4.69) is 31.6 Å². The standard InChI is InChI=1S/C25H28N6O3/c1-3-27-25(34)31-22-15-21(29-18-7-5-4-6-8-18)20(16-28-22)24(33)30-19-12-9-17(10-13-19)11-14-23(32)26-2/h4-10,12-13,15-16H,3,11,14H2,1-2H3,(H,26,32)(H,30,33)(H3,27,28,29,31,34). The highest BCUT2D eigenvalue weighted by atomic mass is 16.2. The van der Waals surface area contributed by atoms with Crippen molar-refractivity contribution in [3.05, 3.63) is 78.0 Å². The second-order valence-electron chi connectivity index (χ2n) is 7.41. The molecular formula is C25H28N6O3. The van der Waals surface area contributed by atoms with Crippen LogP contribution < -0.4 is 26.6 Å². The quantitative estimate of drug-likeness (QED) is 0.331. The molecule has 3 rings (SSSR count). The molecule has 0 radical (unpaired) electrons. The molecule has 0 fully saturated rings. The van der Waals surface area contributed by atoms with E-state index < -0.39 is 0 Å². The van der Waals surface area contributed by atoms with Crippen molar-refractivity contribution in [1.29, 1.82) is 0 Å². The van der Waals surface area contributed by atoms with Gasteiger partial charge in [-0.2, -0.15) is 0 Å². The zero-order chi connectivity index (χ0) is 24.3. The van der Waals surface area contributed by atoms with Crippen molar-refractivity contribution in [2.75, 3.05) is 29.5 Å². The first-order valence-corrected chi connectivity index (χ1v) is 11.0. The lowest BCUT2D eigenvalue weighted by Crippen LogP contribution is -2.28. The Morgan fingerprint density at radius 2 is 1.65 bits per heavy atom. The number of carbonyl (C=O) groups excluding carboxylic acids is 3. The van der Waals surface area contributed by atoms with E-state index in [0.717, 1.165) is 11.3 Å². The van der Waals surface area contributed by atoms with E-state index in [0.29, 0.717) is 42.1 Å². The summed E-state index contributed by atoms with van der Waals surface area (Å²) in [5.74, 6) is -0.0663. The Balaban J connectivity index is 1.77. The summed E-state index contributed by atoms with van der Waals surface area (Å²) in [5, 5.41) is 14.0. The van der Waals surface area contributed by atoms with Gasteiger partial charge < -0.3 is 21.3 Å². The van der Waals surface area contributed by atoms with Crippen LogP contribution in [0.25, 0.3) is 0 Å². The van der Waals surface area contributed by atoms with Crippen molar-refractivity contribution in [2.24, 2.45) is 0 Å². The molecule has 1 aromatic heterocycles. The van der Waals surface area contributed by atoms with E-state index in [1.807, 2.05) is 49.4 Å². The normalized spacial score (nSPS) is 10.2. The van der Waals surface area contributed by atoms with Gasteiger partial charge in [-0.25, -0.2) is 9.78 Å². The van der Waals surface area contributed by atoms with E-state index in [9.17, 15) is 14.4 Å². The van der Waals surface area contributed by atoms with E-state index in [4.69, 9.17) is 0 Å². The van der Waals surface area contributed by atoms with Gasteiger partial charge in [0.05, 0.1) is 11.3 Å². The third-order valence-electron chi connectivity index (χ3n) is 4.91. The molecule has 2 aromatic carbocycles. The summed E-state index contributed by atoms with van der Waals surface area (Å²) in [5.41, 5.74) is 3.20. The summed E-state index contributed by atoms with van der Waals surface area (Å²) < 4.78 is 0. The molecule has 0 aliphatic rings. The number of anilines is 4. The van der Waals surface area contributed by atoms with Crippen LogP contribution in [0.4, 0.5) is 27.7 Å². The zero-order valence-electron chi connectivity index (χ0n) is 19.1. The number of hydrogen-bond donors (Lipinski definition) is 5. The first kappa shape index (κ1) is 24.2. The predicted octanol–water partition coefficient (Wildman–Crippen LogP) is 3.90. The fourth-order valence-corrected chi connectivity index (χ4v) is 3.14. The van der Waals surface area contributed by atoms with Gasteiger partial charge in [-0.3, -0.25) is 14.9 Å². The number of nitrogens with one attached hydrogen (secondary N) is 5. The largest absolute Gasteiger partial charge is 0.359 e. The Bertz CT molecular complexity index is 1130. The lowest BCUT2D eigenvalue weighted by Gasteiger charge is -2.14. The van der Waals surface area contributed by atoms with Gasteiger partial charge in [-0.1, -0.05) is 30.3 Å². The summed E-state index contributed by atoms with van der Waals surface area (Å²) in [6.45, 7) is 2.29. The van der Waals surface area contributed by atoms with Gasteiger partial charge in [0.2, 0.25) is 5.91 Å². The number of para-hydroxylation sites is 1. The minimum Gasteiger partial charge on any atom is -0.359 e. The second-order valence-corrected chi connectivity index (χ2v) is 7.41. The summed E-state index contributed by atoms with van der Waals surface area (Å²) in [6.07, 6.45) is 2.43. The van der Waals surface area contributed by atoms with Crippen molar-refractivity contribution in [3.63, 3.8) is 0 Å². The molecule has 0 saturated carbocycles. The number of hydrogen-bond acceptors (Lipinski definition) is 5. The fourth-order valence-electron chi connectivity index (χ4n) is 3.14. The molecule has 0 spiro atoms. The number of aromatic nitrogens is 1. The molecular weight excluding hydrogens is 432 g/mol. The first-order chi connectivity index (χ1) is 16.5. The van der Waals surface area contributed by atoms with Gasteiger partial charge in [-0.05, 0) is 43.2 Å². The van der Waals surface area contributed by atoms with Crippen LogP contribution in [0.2, 0.25) is 0 Å². The Morgan fingerprint density at radius 1 is 0.912 bits per heavy atom. The van der Waals surface area contributed by atoms with E-state index in [-0.39, 0.29) is 17.8 Å². The molecule has 4 amide bonds. The molecule has 0 atom stereocenters. The van der Waals surface area contributed by atoms with Crippen molar-refractivity contribution in [1.82, 2.24) is 15.6 Å². The number of nitrogens with zero attached hydrogens (tertiary/aromatic N) is 1. The average Bonchev–Trinajstić information content (AvgIpc) is 2.84. The minimum atomic E-state index is -0.380. The Hall–Kier alpha value is -4.40. The minimum absolute atomic E-state index is 0.0200. The van der Waals surface area contributed by atoms with Crippen LogP contribution in [0.1, 0.15) is 29.3 Å². The molecule has 9 heteroatoms. The predicted molar refractivity (Wildman–Crippen MR) is 133 cm³/mol. The summed E-state index contributed by atoms with van der Waals surface area (Å²) in [7, 11) is 1.61. The van der Waals surface area contributed by atoms with Crippen molar-refractivity contribution in [2.45, 2.75) is 19.8 Å². The molecule has 0 aliphatic heterocycles. The molecule has 34 heavy (non-hydrogen) atoms. The lowest BCUT2D eigenvalue weighted by molar-refractivity contribution is -0.120. The van der Waals surface area contributed by atoms with Crippen LogP contribution in [-0.4, -0.2) is 36.4 Å². The number of amides is 4. The summed E-state index contributed by atoms with van der Waals surface area (Å²) >= 11 is 0. The van der Waals surface area contributed by atoms with Crippen LogP contribution in [0, 0.1) is 0 Å². The SMILES string of the molecule is CCNC(=O)Nc1cc(Nc2ccccc2)c(C(=O)Nc2ccc(CCC(=O)NC)cc2)cn1. The van der Waals surface area contributed by atoms with Crippen molar-refractivity contribution < 1.29 is 14.4 Å². The zero-order valence-corrected chi connectivity index (χ0v) is 19.1. The van der Waals surface area contributed by atoms with E-state index in [1.54, 1.807) is 25.2 Å². The van der Waals surface area contributed by atoms with Gasteiger partial charge in [0.25, 0.3) is 5.91 Å². The smallest absolute Gasteiger partial charge is 0.320 e. The topological polar surface area (TPSA) is 124 Å². The van der Waals surface area contributed by atoms with Crippen LogP contribution in [0.5, 0.6) is 0 Å². The Morgan fingerprint density at radius 3 is 2.32 bits per heavy atom. The number of benzene rings is 2. The highest BCUT2D eigenvalue weighted by molar-refractivity contribution is 6.08. The van der Waals surface area contributed by atoms with Gasteiger partial charge in [0.15, 0.2) is 0 Å². The summed E-state index contributed by atoms with van der Waals surface area (Å²) in [4.78, 5) is 40.6. The monoisotopic (exact) mass is 460 g/mol. The molecule has 5 N–H and O–H groups in total. The van der Waals surface area contributed by atoms with E-state index in [1.165, 1.54) is 6.20 Å². The number of aryl methyl sites for hydroxylation is 1.